The molecule has 1 aliphatic heterocycles. The maximum atomic E-state index is 11.1. The van der Waals surface area contributed by atoms with Gasteiger partial charge in [0.1, 0.15) is 11.3 Å². The van der Waals surface area contributed by atoms with E-state index < -0.39 is 12.4 Å². The van der Waals surface area contributed by atoms with Crippen molar-refractivity contribution in [2.45, 2.75) is 77.0 Å². The number of hydrogen-bond acceptors (Lipinski definition) is 8. The number of ether oxygens (including phenoxy) is 2. The summed E-state index contributed by atoms with van der Waals surface area (Å²) in [4.78, 5) is 21.5. The Kier molecular flexibility index (Phi) is 8.61. The third-order valence-electron chi connectivity index (χ3n) is 7.68. The average molecular weight is 537 g/mol. The standard InChI is InChI=1S/C29H36N4O6/c1-19-17-20(8-11-24(19)38-26(34)13-10-22-14-16-33(22)29(35)36)9-12-25-31-28(39-32-25)23-7-4-15-30-27(23)37-18-21-5-2-3-6-21/h4,7-8,11,15,17,21-22,26,34H,2-3,5-6,9-10,12-14,16,18H2,1H3,(H,35,36)/t22-,26?/m0/s1. The molecule has 5 rings (SSSR count). The zero-order valence-electron chi connectivity index (χ0n) is 22.3. The molecule has 39 heavy (non-hydrogen) atoms. The number of hydrogen-bond donors (Lipinski definition) is 2. The monoisotopic (exact) mass is 536 g/mol. The molecule has 2 fully saturated rings. The fourth-order valence-corrected chi connectivity index (χ4v) is 5.30. The van der Waals surface area contributed by atoms with Gasteiger partial charge in [-0.25, -0.2) is 9.78 Å². The van der Waals surface area contributed by atoms with Crippen LogP contribution in [0, 0.1) is 12.8 Å². The molecule has 0 bridgehead atoms. The lowest BCUT2D eigenvalue weighted by atomic mass is 9.98. The van der Waals surface area contributed by atoms with Crippen LogP contribution in [0.1, 0.15) is 61.9 Å². The van der Waals surface area contributed by atoms with Gasteiger partial charge >= 0.3 is 6.09 Å². The van der Waals surface area contributed by atoms with Crippen molar-refractivity contribution >= 4 is 6.09 Å². The molecule has 1 unspecified atom stereocenters. The quantitative estimate of drug-likeness (QED) is 0.306. The number of nitrogens with zero attached hydrogens (tertiary/aromatic N) is 4. The van der Waals surface area contributed by atoms with Gasteiger partial charge in [-0.1, -0.05) is 30.1 Å². The predicted octanol–water partition coefficient (Wildman–Crippen LogP) is 5.02. The maximum absolute atomic E-state index is 11.1. The Bertz CT molecular complexity index is 1260. The molecule has 0 spiro atoms. The van der Waals surface area contributed by atoms with Gasteiger partial charge in [-0.05, 0) is 74.3 Å². The van der Waals surface area contributed by atoms with E-state index in [-0.39, 0.29) is 6.04 Å². The van der Waals surface area contributed by atoms with Gasteiger partial charge in [0.05, 0.1) is 6.61 Å². The minimum Gasteiger partial charge on any atom is -0.477 e. The largest absolute Gasteiger partial charge is 0.477 e. The summed E-state index contributed by atoms with van der Waals surface area (Å²) in [6.07, 6.45) is 7.85. The highest BCUT2D eigenvalue weighted by Gasteiger charge is 2.32. The van der Waals surface area contributed by atoms with Crippen molar-refractivity contribution in [1.82, 2.24) is 20.0 Å². The van der Waals surface area contributed by atoms with E-state index in [9.17, 15) is 9.90 Å². The number of aliphatic hydroxyl groups is 1. The van der Waals surface area contributed by atoms with Crippen LogP contribution in [0.15, 0.2) is 41.1 Å². The second-order valence-electron chi connectivity index (χ2n) is 10.5. The molecule has 10 nitrogen and oxygen atoms in total. The summed E-state index contributed by atoms with van der Waals surface area (Å²) >= 11 is 0. The lowest BCUT2D eigenvalue weighted by Gasteiger charge is -2.39. The van der Waals surface area contributed by atoms with Crippen LogP contribution >= 0.6 is 0 Å². The molecule has 1 saturated carbocycles. The number of amides is 1. The zero-order chi connectivity index (χ0) is 27.2. The van der Waals surface area contributed by atoms with Crippen LogP contribution in [0.5, 0.6) is 11.6 Å². The molecule has 1 aliphatic carbocycles. The molecule has 1 saturated heterocycles. The lowest BCUT2D eigenvalue weighted by Crippen LogP contribution is -2.50. The molecule has 3 aromatic rings. The van der Waals surface area contributed by atoms with Crippen LogP contribution < -0.4 is 9.47 Å². The fourth-order valence-electron chi connectivity index (χ4n) is 5.30. The SMILES string of the molecule is Cc1cc(CCc2noc(-c3cccnc3OCC3CCCC3)n2)ccc1OC(O)CC[C@H]1CCN1C(=O)O. The predicted molar refractivity (Wildman–Crippen MR) is 143 cm³/mol. The van der Waals surface area contributed by atoms with Crippen LogP contribution in [-0.2, 0) is 12.8 Å². The number of likely N-dealkylation sites (tertiary alicyclic amines) is 1. The molecule has 3 heterocycles. The summed E-state index contributed by atoms with van der Waals surface area (Å²) in [6, 6.07) is 9.53. The molecule has 208 valence electrons. The summed E-state index contributed by atoms with van der Waals surface area (Å²) in [6.45, 7) is 3.15. The molecule has 0 radical (unpaired) electrons. The second-order valence-corrected chi connectivity index (χ2v) is 10.5. The number of aliphatic hydroxyl groups excluding tert-OH is 1. The number of carbonyl (C=O) groups is 1. The Labute approximate surface area is 228 Å². The second kappa shape index (κ2) is 12.5. The van der Waals surface area contributed by atoms with Gasteiger partial charge in [-0.2, -0.15) is 4.98 Å². The summed E-state index contributed by atoms with van der Waals surface area (Å²) in [5.74, 6) is 2.73. The van der Waals surface area contributed by atoms with Crippen molar-refractivity contribution in [3.63, 3.8) is 0 Å². The van der Waals surface area contributed by atoms with E-state index in [1.165, 1.54) is 30.6 Å². The van der Waals surface area contributed by atoms with Gasteiger partial charge in [0.2, 0.25) is 5.88 Å². The summed E-state index contributed by atoms with van der Waals surface area (Å²) in [5.41, 5.74) is 2.71. The first-order valence-electron chi connectivity index (χ1n) is 13.8. The van der Waals surface area contributed by atoms with Gasteiger partial charge in [0.15, 0.2) is 12.1 Å². The number of pyridine rings is 1. The van der Waals surface area contributed by atoms with E-state index in [1.54, 1.807) is 6.20 Å². The fraction of sp³-hybridized carbons (Fsp3) is 0.517. The first kappa shape index (κ1) is 26.9. The normalized spacial score (nSPS) is 18.1. The van der Waals surface area contributed by atoms with Gasteiger partial charge in [-0.15, -0.1) is 0 Å². The van der Waals surface area contributed by atoms with Gasteiger partial charge < -0.3 is 29.1 Å². The Balaban J connectivity index is 1.12. The first-order valence-corrected chi connectivity index (χ1v) is 13.8. The van der Waals surface area contributed by atoms with Gasteiger partial charge in [-0.3, -0.25) is 0 Å². The van der Waals surface area contributed by atoms with E-state index in [2.05, 4.69) is 15.1 Å². The third-order valence-corrected chi connectivity index (χ3v) is 7.68. The molecule has 2 aromatic heterocycles. The molecule has 2 N–H and O–H groups in total. The van der Waals surface area contributed by atoms with Crippen molar-refractivity contribution < 1.29 is 29.0 Å². The molecular weight excluding hydrogens is 500 g/mol. The third kappa shape index (κ3) is 6.86. The van der Waals surface area contributed by atoms with E-state index >= 15 is 0 Å². The highest BCUT2D eigenvalue weighted by atomic mass is 16.6. The highest BCUT2D eigenvalue weighted by Crippen LogP contribution is 2.30. The maximum Gasteiger partial charge on any atom is 0.407 e. The molecule has 2 aliphatic rings. The topological polar surface area (TPSA) is 131 Å². The number of aromatic nitrogens is 3. The van der Waals surface area contributed by atoms with E-state index in [0.29, 0.717) is 73.7 Å². The number of rotatable bonds is 12. The van der Waals surface area contributed by atoms with Gasteiger partial charge in [0, 0.05) is 31.6 Å². The van der Waals surface area contributed by atoms with Crippen molar-refractivity contribution in [3.05, 3.63) is 53.5 Å². The summed E-state index contributed by atoms with van der Waals surface area (Å²) in [5, 5.41) is 23.6. The molecule has 10 heteroatoms. The molecule has 1 amide bonds. The minimum atomic E-state index is -0.983. The van der Waals surface area contributed by atoms with Crippen LogP contribution in [0.2, 0.25) is 0 Å². The number of aryl methyl sites for hydroxylation is 3. The highest BCUT2D eigenvalue weighted by molar-refractivity contribution is 5.66. The first-order chi connectivity index (χ1) is 19.0. The van der Waals surface area contributed by atoms with Gasteiger partial charge in [0.25, 0.3) is 5.89 Å². The van der Waals surface area contributed by atoms with Crippen LogP contribution in [0.3, 0.4) is 0 Å². The van der Waals surface area contributed by atoms with Crippen molar-refractivity contribution in [2.24, 2.45) is 5.92 Å². The van der Waals surface area contributed by atoms with E-state index in [4.69, 9.17) is 19.1 Å². The van der Waals surface area contributed by atoms with E-state index in [1.807, 2.05) is 37.3 Å². The number of benzene rings is 1. The van der Waals surface area contributed by atoms with Crippen LogP contribution in [0.25, 0.3) is 11.5 Å². The Morgan fingerprint density at radius 1 is 1.21 bits per heavy atom. The minimum absolute atomic E-state index is 0.0379. The summed E-state index contributed by atoms with van der Waals surface area (Å²) in [7, 11) is 0. The Morgan fingerprint density at radius 3 is 2.79 bits per heavy atom. The zero-order valence-corrected chi connectivity index (χ0v) is 22.3. The Hall–Kier alpha value is -3.66. The van der Waals surface area contributed by atoms with Crippen LogP contribution in [0.4, 0.5) is 4.79 Å². The van der Waals surface area contributed by atoms with Crippen molar-refractivity contribution in [2.75, 3.05) is 13.2 Å². The molecular formula is C29H36N4O6. The Morgan fingerprint density at radius 2 is 2.05 bits per heavy atom. The van der Waals surface area contributed by atoms with Crippen LogP contribution in [-0.4, -0.2) is 61.8 Å². The van der Waals surface area contributed by atoms with E-state index in [0.717, 1.165) is 17.5 Å². The van der Waals surface area contributed by atoms with Crippen molar-refractivity contribution in [1.29, 1.82) is 0 Å². The lowest BCUT2D eigenvalue weighted by molar-refractivity contribution is -0.0342. The number of carboxylic acid groups (broad SMARTS) is 1. The molecule has 1 aromatic carbocycles. The summed E-state index contributed by atoms with van der Waals surface area (Å²) < 4.78 is 17.3. The molecule has 2 atom stereocenters. The smallest absolute Gasteiger partial charge is 0.407 e. The average Bonchev–Trinajstić information content (AvgIpc) is 3.59. The van der Waals surface area contributed by atoms with Crippen molar-refractivity contribution in [3.8, 4) is 23.1 Å².